The summed E-state index contributed by atoms with van der Waals surface area (Å²) in [5.41, 5.74) is 9.07. The van der Waals surface area contributed by atoms with Gasteiger partial charge in [0.2, 0.25) is 5.91 Å². The number of fused-ring (bicyclic) bond motifs is 1. The Labute approximate surface area is 138 Å². The number of nitrogens with one attached hydrogen (secondary N) is 2. The molecule has 2 heterocycles. The number of hydrogen-bond donors (Lipinski definition) is 3. The zero-order valence-corrected chi connectivity index (χ0v) is 13.4. The van der Waals surface area contributed by atoms with Gasteiger partial charge in [-0.05, 0) is 36.2 Å². The minimum absolute atomic E-state index is 0.0784. The van der Waals surface area contributed by atoms with Crippen LogP contribution in [0, 0.1) is 0 Å². The highest BCUT2D eigenvalue weighted by Crippen LogP contribution is 2.25. The zero-order valence-electron chi connectivity index (χ0n) is 12.6. The molecule has 0 saturated heterocycles. The van der Waals surface area contributed by atoms with Crippen molar-refractivity contribution in [1.82, 2.24) is 9.97 Å². The lowest BCUT2D eigenvalue weighted by Gasteiger charge is -2.09. The molecule has 1 atom stereocenters. The van der Waals surface area contributed by atoms with Gasteiger partial charge in [-0.1, -0.05) is 23.7 Å². The first-order chi connectivity index (χ1) is 11.0. The van der Waals surface area contributed by atoms with Crippen molar-refractivity contribution < 1.29 is 4.79 Å². The number of hydrogen-bond acceptors (Lipinski definition) is 3. The summed E-state index contributed by atoms with van der Waals surface area (Å²) in [6.07, 6.45) is 3.61. The number of aromatic amines is 1. The average Bonchev–Trinajstić information content (AvgIpc) is 2.91. The van der Waals surface area contributed by atoms with Crippen molar-refractivity contribution in [3.05, 3.63) is 58.9 Å². The molecule has 0 spiro atoms. The molecule has 6 heteroatoms. The molecule has 1 aromatic carbocycles. The van der Waals surface area contributed by atoms with Gasteiger partial charge in [0.25, 0.3) is 0 Å². The largest absolute Gasteiger partial charge is 0.346 e. The molecule has 3 aromatic rings. The summed E-state index contributed by atoms with van der Waals surface area (Å²) < 4.78 is 0. The van der Waals surface area contributed by atoms with Crippen LogP contribution in [0.15, 0.2) is 42.7 Å². The summed E-state index contributed by atoms with van der Waals surface area (Å²) in [5.74, 6) is -0.118. The van der Waals surface area contributed by atoms with Gasteiger partial charge >= 0.3 is 0 Å². The first-order valence-electron chi connectivity index (χ1n) is 7.30. The Hall–Kier alpha value is -2.37. The first kappa shape index (κ1) is 15.5. The third-order valence-electron chi connectivity index (χ3n) is 3.65. The molecule has 0 unspecified atom stereocenters. The van der Waals surface area contributed by atoms with Crippen molar-refractivity contribution in [2.75, 3.05) is 5.32 Å². The average molecular weight is 329 g/mol. The van der Waals surface area contributed by atoms with E-state index in [0.29, 0.717) is 10.7 Å². The summed E-state index contributed by atoms with van der Waals surface area (Å²) in [7, 11) is 0. The molecule has 0 saturated carbocycles. The van der Waals surface area contributed by atoms with Crippen LogP contribution in [0.25, 0.3) is 11.0 Å². The van der Waals surface area contributed by atoms with Crippen molar-refractivity contribution in [3.8, 4) is 0 Å². The number of anilines is 1. The van der Waals surface area contributed by atoms with E-state index in [9.17, 15) is 4.79 Å². The molecule has 5 nitrogen and oxygen atoms in total. The predicted octanol–water partition coefficient (Wildman–Crippen LogP) is 3.42. The summed E-state index contributed by atoms with van der Waals surface area (Å²) in [6, 6.07) is 9.17. The van der Waals surface area contributed by atoms with E-state index in [-0.39, 0.29) is 18.4 Å². The molecule has 118 valence electrons. The molecule has 0 fully saturated rings. The highest BCUT2D eigenvalue weighted by molar-refractivity contribution is 6.35. The normalized spacial score (nSPS) is 12.3. The summed E-state index contributed by atoms with van der Waals surface area (Å²) in [4.78, 5) is 19.5. The summed E-state index contributed by atoms with van der Waals surface area (Å²) in [6.45, 7) is 1.90. The van der Waals surface area contributed by atoms with Crippen LogP contribution in [0.1, 0.15) is 24.1 Å². The topological polar surface area (TPSA) is 83.8 Å². The summed E-state index contributed by atoms with van der Waals surface area (Å²) >= 11 is 6.20. The molecule has 1 amide bonds. The van der Waals surface area contributed by atoms with E-state index >= 15 is 0 Å². The number of nitrogens with two attached hydrogens (primary N) is 1. The monoisotopic (exact) mass is 328 g/mol. The number of halogens is 1. The molecule has 23 heavy (non-hydrogen) atoms. The van der Waals surface area contributed by atoms with Crippen LogP contribution in [0.3, 0.4) is 0 Å². The fourth-order valence-electron chi connectivity index (χ4n) is 2.50. The van der Waals surface area contributed by atoms with Gasteiger partial charge in [0.15, 0.2) is 0 Å². The standard InChI is InChI=1S/C17H17ClN4O/c1-10(19)11-3-2-4-13(7-11)22-15(23)8-12-9-21-17-16(12)14(18)5-6-20-17/h2-7,9-10H,8,19H2,1H3,(H,20,21)(H,22,23)/t10-/m1/s1. The fraction of sp³-hybridized carbons (Fsp3) is 0.176. The van der Waals surface area contributed by atoms with Crippen LogP contribution in [0.5, 0.6) is 0 Å². The van der Waals surface area contributed by atoms with Gasteiger partial charge in [-0.3, -0.25) is 4.79 Å². The van der Waals surface area contributed by atoms with Gasteiger partial charge < -0.3 is 16.0 Å². The van der Waals surface area contributed by atoms with E-state index in [1.54, 1.807) is 18.5 Å². The number of amides is 1. The van der Waals surface area contributed by atoms with Crippen molar-refractivity contribution in [1.29, 1.82) is 0 Å². The molecular weight excluding hydrogens is 312 g/mol. The fourth-order valence-corrected chi connectivity index (χ4v) is 2.77. The highest BCUT2D eigenvalue weighted by Gasteiger charge is 2.12. The zero-order chi connectivity index (χ0) is 16.4. The van der Waals surface area contributed by atoms with E-state index < -0.39 is 0 Å². The van der Waals surface area contributed by atoms with E-state index in [2.05, 4.69) is 15.3 Å². The maximum absolute atomic E-state index is 12.3. The number of benzene rings is 1. The number of carbonyl (C=O) groups excluding carboxylic acids is 1. The lowest BCUT2D eigenvalue weighted by atomic mass is 10.1. The summed E-state index contributed by atoms with van der Waals surface area (Å²) in [5, 5.41) is 4.26. The molecular formula is C17H17ClN4O. The predicted molar refractivity (Wildman–Crippen MR) is 92.5 cm³/mol. The number of rotatable bonds is 4. The van der Waals surface area contributed by atoms with Crippen LogP contribution in [-0.4, -0.2) is 15.9 Å². The quantitative estimate of drug-likeness (QED) is 0.686. The molecule has 0 aliphatic heterocycles. The second-order valence-corrected chi connectivity index (χ2v) is 5.88. The number of pyridine rings is 1. The molecule has 4 N–H and O–H groups in total. The van der Waals surface area contributed by atoms with Gasteiger partial charge in [0.1, 0.15) is 5.65 Å². The Kier molecular flexibility index (Phi) is 4.32. The van der Waals surface area contributed by atoms with Gasteiger partial charge in [-0.15, -0.1) is 0 Å². The first-order valence-corrected chi connectivity index (χ1v) is 7.68. The second kappa shape index (κ2) is 6.40. The lowest BCUT2D eigenvalue weighted by Crippen LogP contribution is -2.15. The number of carbonyl (C=O) groups is 1. The maximum atomic E-state index is 12.3. The van der Waals surface area contributed by atoms with Crippen molar-refractivity contribution >= 4 is 34.2 Å². The van der Waals surface area contributed by atoms with Gasteiger partial charge in [-0.2, -0.15) is 0 Å². The number of nitrogens with zero attached hydrogens (tertiary/aromatic N) is 1. The van der Waals surface area contributed by atoms with Gasteiger partial charge in [0, 0.05) is 29.5 Å². The minimum atomic E-state index is -0.118. The Balaban J connectivity index is 1.78. The van der Waals surface area contributed by atoms with Gasteiger partial charge in [-0.25, -0.2) is 4.98 Å². The van der Waals surface area contributed by atoms with Crippen molar-refractivity contribution in [3.63, 3.8) is 0 Å². The third-order valence-corrected chi connectivity index (χ3v) is 3.97. The molecule has 0 aliphatic carbocycles. The van der Waals surface area contributed by atoms with Crippen LogP contribution < -0.4 is 11.1 Å². The number of aromatic nitrogens is 2. The Morgan fingerprint density at radius 1 is 1.43 bits per heavy atom. The molecule has 0 radical (unpaired) electrons. The van der Waals surface area contributed by atoms with Gasteiger partial charge in [0.05, 0.1) is 11.4 Å². The van der Waals surface area contributed by atoms with Crippen molar-refractivity contribution in [2.45, 2.75) is 19.4 Å². The molecule has 3 rings (SSSR count). The molecule has 2 aromatic heterocycles. The van der Waals surface area contributed by atoms with Crippen LogP contribution in [0.4, 0.5) is 5.69 Å². The third kappa shape index (κ3) is 3.36. The minimum Gasteiger partial charge on any atom is -0.346 e. The van der Waals surface area contributed by atoms with E-state index in [4.69, 9.17) is 17.3 Å². The Morgan fingerprint density at radius 3 is 3.04 bits per heavy atom. The molecule has 0 bridgehead atoms. The van der Waals surface area contributed by atoms with Crippen LogP contribution in [0.2, 0.25) is 5.02 Å². The van der Waals surface area contributed by atoms with Crippen molar-refractivity contribution in [2.24, 2.45) is 5.73 Å². The van der Waals surface area contributed by atoms with E-state index in [1.807, 2.05) is 31.2 Å². The van der Waals surface area contributed by atoms with E-state index in [1.165, 1.54) is 0 Å². The SMILES string of the molecule is C[C@@H](N)c1cccc(NC(=O)Cc2c[nH]c3nccc(Cl)c23)c1. The number of H-pyrrole nitrogens is 1. The second-order valence-electron chi connectivity index (χ2n) is 5.47. The lowest BCUT2D eigenvalue weighted by molar-refractivity contribution is -0.115. The Bertz CT molecular complexity index is 857. The molecule has 0 aliphatic rings. The maximum Gasteiger partial charge on any atom is 0.228 e. The smallest absolute Gasteiger partial charge is 0.228 e. The highest BCUT2D eigenvalue weighted by atomic mass is 35.5. The van der Waals surface area contributed by atoms with Crippen LogP contribution in [-0.2, 0) is 11.2 Å². The Morgan fingerprint density at radius 2 is 2.26 bits per heavy atom. The van der Waals surface area contributed by atoms with E-state index in [0.717, 1.165) is 22.2 Å². The van der Waals surface area contributed by atoms with Crippen LogP contribution >= 0.6 is 11.6 Å².